The van der Waals surface area contributed by atoms with Gasteiger partial charge in [0, 0.05) is 31.7 Å². The van der Waals surface area contributed by atoms with Crippen molar-refractivity contribution in [3.8, 4) is 0 Å². The summed E-state index contributed by atoms with van der Waals surface area (Å²) in [6.45, 7) is 3.10. The van der Waals surface area contributed by atoms with E-state index < -0.39 is 21.8 Å². The second-order valence-electron chi connectivity index (χ2n) is 9.65. The zero-order chi connectivity index (χ0) is 26.7. The molecule has 0 spiro atoms. The maximum atomic E-state index is 14.0. The largest absolute Gasteiger partial charge is 0.355 e. The number of hydrogen-bond acceptors (Lipinski definition) is 5. The maximum absolute atomic E-state index is 14.0. The van der Waals surface area contributed by atoms with Gasteiger partial charge in [-0.15, -0.1) is 0 Å². The first-order valence-electron chi connectivity index (χ1n) is 12.8. The number of hydrogen-bond donors (Lipinski definition) is 0. The van der Waals surface area contributed by atoms with Gasteiger partial charge in [-0.2, -0.15) is 4.31 Å². The average molecular weight is 536 g/mol. The molecule has 198 valence electrons. The van der Waals surface area contributed by atoms with Crippen molar-refractivity contribution in [3.05, 3.63) is 89.1 Å². The van der Waals surface area contributed by atoms with Crippen LogP contribution in [0.1, 0.15) is 41.8 Å². The second-order valence-corrected chi connectivity index (χ2v) is 11.5. The number of rotatable bonds is 6. The third-order valence-electron chi connectivity index (χ3n) is 7.15. The van der Waals surface area contributed by atoms with E-state index in [0.29, 0.717) is 38.0 Å². The highest BCUT2D eigenvalue weighted by Crippen LogP contribution is 2.31. The van der Waals surface area contributed by atoms with Gasteiger partial charge >= 0.3 is 0 Å². The first-order chi connectivity index (χ1) is 18.3. The van der Waals surface area contributed by atoms with Crippen molar-refractivity contribution in [2.75, 3.05) is 26.2 Å². The highest BCUT2D eigenvalue weighted by molar-refractivity contribution is 7.89. The summed E-state index contributed by atoms with van der Waals surface area (Å²) in [7, 11) is -3.99. The Morgan fingerprint density at radius 2 is 1.84 bits per heavy atom. The molecule has 5 rings (SSSR count). The van der Waals surface area contributed by atoms with Gasteiger partial charge in [0.15, 0.2) is 10.7 Å². The Morgan fingerprint density at radius 1 is 1.08 bits per heavy atom. The number of aryl methyl sites for hydroxylation is 1. The molecule has 38 heavy (non-hydrogen) atoms. The minimum absolute atomic E-state index is 0.0185. The number of piperidine rings is 1. The minimum Gasteiger partial charge on any atom is -0.355 e. The number of amides is 1. The lowest BCUT2D eigenvalue weighted by molar-refractivity contribution is -0.136. The van der Waals surface area contributed by atoms with Crippen LogP contribution < -0.4 is 0 Å². The molecule has 1 aromatic heterocycles. The van der Waals surface area contributed by atoms with Crippen LogP contribution in [0.5, 0.6) is 0 Å². The van der Waals surface area contributed by atoms with E-state index in [-0.39, 0.29) is 28.8 Å². The zero-order valence-corrected chi connectivity index (χ0v) is 22.0. The molecule has 0 radical (unpaired) electrons. The fourth-order valence-electron chi connectivity index (χ4n) is 5.11. The van der Waals surface area contributed by atoms with Gasteiger partial charge in [0.2, 0.25) is 15.9 Å². The molecule has 7 nitrogen and oxygen atoms in total. The molecular formula is C29H30FN3O4S. The van der Waals surface area contributed by atoms with Gasteiger partial charge in [-0.05, 0) is 55.5 Å². The average Bonchev–Trinajstić information content (AvgIpc) is 3.33. The van der Waals surface area contributed by atoms with E-state index >= 15 is 0 Å². The third kappa shape index (κ3) is 5.35. The van der Waals surface area contributed by atoms with Crippen LogP contribution >= 0.6 is 0 Å². The first kappa shape index (κ1) is 26.1. The molecule has 2 aromatic carbocycles. The lowest BCUT2D eigenvalue weighted by Crippen LogP contribution is -2.47. The van der Waals surface area contributed by atoms with Crippen LogP contribution in [0.15, 0.2) is 70.1 Å². The van der Waals surface area contributed by atoms with E-state index in [1.807, 2.05) is 23.1 Å². The summed E-state index contributed by atoms with van der Waals surface area (Å²) in [6.07, 6.45) is 6.95. The summed E-state index contributed by atoms with van der Waals surface area (Å²) in [5.74, 6) is -0.822. The molecule has 3 heterocycles. The van der Waals surface area contributed by atoms with Gasteiger partial charge in [-0.3, -0.25) is 4.79 Å². The molecule has 2 aliphatic rings. The predicted octanol–water partition coefficient (Wildman–Crippen LogP) is 5.01. The molecule has 1 atom stereocenters. The fourth-order valence-corrected chi connectivity index (χ4v) is 6.88. The normalized spacial score (nSPS) is 19.1. The number of carbonyl (C=O) groups is 1. The summed E-state index contributed by atoms with van der Waals surface area (Å²) >= 11 is 0. The predicted molar refractivity (Wildman–Crippen MR) is 144 cm³/mol. The number of aromatic nitrogens is 1. The molecule has 0 aliphatic carbocycles. The van der Waals surface area contributed by atoms with Gasteiger partial charge in [-0.25, -0.2) is 12.8 Å². The van der Waals surface area contributed by atoms with Crippen molar-refractivity contribution in [1.29, 1.82) is 0 Å². The third-order valence-corrected chi connectivity index (χ3v) is 9.17. The van der Waals surface area contributed by atoms with E-state index in [9.17, 15) is 17.6 Å². The summed E-state index contributed by atoms with van der Waals surface area (Å²) in [4.78, 5) is 15.1. The molecule has 0 bridgehead atoms. The van der Waals surface area contributed by atoms with Gasteiger partial charge in [0.25, 0.3) is 0 Å². The van der Waals surface area contributed by atoms with Crippen molar-refractivity contribution in [1.82, 2.24) is 14.4 Å². The van der Waals surface area contributed by atoms with Crippen molar-refractivity contribution >= 4 is 33.7 Å². The summed E-state index contributed by atoms with van der Waals surface area (Å²) in [5, 5.41) is 3.86. The molecule has 2 aliphatic heterocycles. The number of nitrogens with zero attached hydrogens (tertiary/aromatic N) is 3. The molecule has 0 saturated carbocycles. The van der Waals surface area contributed by atoms with E-state index in [1.165, 1.54) is 33.7 Å². The Bertz CT molecular complexity index is 1480. The fraction of sp³-hybridized carbons (Fsp3) is 0.310. The van der Waals surface area contributed by atoms with Gasteiger partial charge in [0.05, 0.1) is 5.92 Å². The number of benzene rings is 2. The van der Waals surface area contributed by atoms with Gasteiger partial charge in [-0.1, -0.05) is 59.8 Å². The number of carbonyl (C=O) groups excluding carboxylic acids is 1. The molecule has 0 unspecified atom stereocenters. The standard InChI is InChI=1S/C29H30FN3O4S/c1-21-28(27(37-31-21)14-13-24-10-5-6-12-26(24)30)38(35,36)33-17-7-11-25(20-33)29(34)32-18-15-23(16-19-32)22-8-3-2-4-9-22/h2-6,8-10,12-15,25H,7,11,16-20H2,1H3/b14-13+/t25-/m1/s1. The number of sulfonamides is 1. The van der Waals surface area contributed by atoms with Crippen LogP contribution in [0, 0.1) is 18.7 Å². The lowest BCUT2D eigenvalue weighted by Gasteiger charge is -2.35. The summed E-state index contributed by atoms with van der Waals surface area (Å²) < 4.78 is 48.1. The van der Waals surface area contributed by atoms with E-state index in [1.54, 1.807) is 25.1 Å². The highest BCUT2D eigenvalue weighted by Gasteiger charge is 2.38. The molecule has 3 aromatic rings. The molecule has 9 heteroatoms. The molecule has 1 fully saturated rings. The van der Waals surface area contributed by atoms with Gasteiger partial charge in [0.1, 0.15) is 11.5 Å². The minimum atomic E-state index is -3.99. The van der Waals surface area contributed by atoms with Crippen LogP contribution in [0.3, 0.4) is 0 Å². The van der Waals surface area contributed by atoms with Crippen LogP contribution in [0.4, 0.5) is 4.39 Å². The number of halogens is 1. The van der Waals surface area contributed by atoms with Crippen LogP contribution in [-0.2, 0) is 14.8 Å². The maximum Gasteiger partial charge on any atom is 0.248 e. The SMILES string of the molecule is Cc1noc(/C=C/c2ccccc2F)c1S(=O)(=O)N1CCC[C@@H](C(=O)N2CC=C(c3ccccc3)CC2)C1. The molecule has 1 amide bonds. The quantitative estimate of drug-likeness (QED) is 0.443. The topological polar surface area (TPSA) is 83.7 Å². The Labute approximate surface area is 222 Å². The Hall–Kier alpha value is -3.56. The summed E-state index contributed by atoms with van der Waals surface area (Å²) in [6, 6.07) is 16.3. The smallest absolute Gasteiger partial charge is 0.248 e. The Morgan fingerprint density at radius 3 is 2.58 bits per heavy atom. The first-order valence-corrected chi connectivity index (χ1v) is 14.2. The van der Waals surface area contributed by atoms with Crippen molar-refractivity contribution in [2.24, 2.45) is 5.92 Å². The Balaban J connectivity index is 1.31. The van der Waals surface area contributed by atoms with Crippen molar-refractivity contribution < 1.29 is 22.1 Å². The zero-order valence-electron chi connectivity index (χ0n) is 21.2. The molecular weight excluding hydrogens is 505 g/mol. The lowest BCUT2D eigenvalue weighted by atomic mass is 9.95. The second kappa shape index (κ2) is 11.0. The van der Waals surface area contributed by atoms with Gasteiger partial charge < -0.3 is 9.42 Å². The van der Waals surface area contributed by atoms with E-state index in [0.717, 1.165) is 6.42 Å². The van der Waals surface area contributed by atoms with Crippen LogP contribution in [-0.4, -0.2) is 54.9 Å². The Kier molecular flexibility index (Phi) is 7.58. The molecule has 1 saturated heterocycles. The van der Waals surface area contributed by atoms with Crippen LogP contribution in [0.25, 0.3) is 17.7 Å². The van der Waals surface area contributed by atoms with Crippen LogP contribution in [0.2, 0.25) is 0 Å². The monoisotopic (exact) mass is 535 g/mol. The van der Waals surface area contributed by atoms with E-state index in [2.05, 4.69) is 23.4 Å². The highest BCUT2D eigenvalue weighted by atomic mass is 32.2. The van der Waals surface area contributed by atoms with Crippen molar-refractivity contribution in [3.63, 3.8) is 0 Å². The van der Waals surface area contributed by atoms with Crippen molar-refractivity contribution in [2.45, 2.75) is 31.1 Å². The van der Waals surface area contributed by atoms with E-state index in [4.69, 9.17) is 4.52 Å². The molecule has 0 N–H and O–H groups in total. The summed E-state index contributed by atoms with van der Waals surface area (Å²) in [5.41, 5.74) is 2.92.